The first kappa shape index (κ1) is 12.9. The minimum atomic E-state index is -1.43. The summed E-state index contributed by atoms with van der Waals surface area (Å²) in [5.41, 5.74) is 5.25. The number of amides is 1. The van der Waals surface area contributed by atoms with E-state index in [1.54, 1.807) is 6.92 Å². The van der Waals surface area contributed by atoms with Crippen molar-refractivity contribution < 1.29 is 19.8 Å². The van der Waals surface area contributed by atoms with E-state index < -0.39 is 12.1 Å². The zero-order chi connectivity index (χ0) is 11.1. The summed E-state index contributed by atoms with van der Waals surface area (Å²) in [6.07, 6.45) is -1.43. The number of hydrogen-bond donors (Lipinski definition) is 4. The molecule has 0 aliphatic heterocycles. The van der Waals surface area contributed by atoms with Crippen LogP contribution in [0.1, 0.15) is 13.3 Å². The Morgan fingerprint density at radius 3 is 2.50 bits per heavy atom. The smallest absolute Gasteiger partial charge is 0.332 e. The molecule has 2 atom stereocenters. The molecule has 0 spiro atoms. The maximum absolute atomic E-state index is 11.1. The van der Waals surface area contributed by atoms with Crippen molar-refractivity contribution >= 4 is 11.9 Å². The van der Waals surface area contributed by atoms with E-state index in [-0.39, 0.29) is 31.3 Å². The molecule has 14 heavy (non-hydrogen) atoms. The zero-order valence-corrected chi connectivity index (χ0v) is 8.06. The third-order valence-electron chi connectivity index (χ3n) is 1.80. The Morgan fingerprint density at radius 1 is 1.50 bits per heavy atom. The Bertz CT molecular complexity index is 208. The van der Waals surface area contributed by atoms with Crippen LogP contribution in [0.15, 0.2) is 0 Å². The van der Waals surface area contributed by atoms with Gasteiger partial charge in [-0.1, -0.05) is 6.92 Å². The first-order valence-electron chi connectivity index (χ1n) is 4.37. The van der Waals surface area contributed by atoms with Crippen molar-refractivity contribution in [3.8, 4) is 0 Å². The maximum Gasteiger partial charge on any atom is 0.332 e. The highest BCUT2D eigenvalue weighted by Crippen LogP contribution is 1.93. The van der Waals surface area contributed by atoms with Crippen LogP contribution < -0.4 is 11.1 Å². The van der Waals surface area contributed by atoms with Crippen molar-refractivity contribution in [1.82, 2.24) is 5.32 Å². The second kappa shape index (κ2) is 6.33. The number of rotatable bonds is 6. The normalized spacial score (nSPS) is 14.5. The predicted molar refractivity (Wildman–Crippen MR) is 49.5 cm³/mol. The number of carboxylic acid groups (broad SMARTS) is 1. The van der Waals surface area contributed by atoms with Crippen molar-refractivity contribution in [1.29, 1.82) is 0 Å². The number of aliphatic carboxylic acids is 1. The lowest BCUT2D eigenvalue weighted by atomic mass is 10.1. The van der Waals surface area contributed by atoms with Crippen LogP contribution in [-0.4, -0.2) is 41.3 Å². The molecule has 0 saturated carbocycles. The van der Waals surface area contributed by atoms with E-state index in [1.165, 1.54) is 0 Å². The van der Waals surface area contributed by atoms with Crippen LogP contribution >= 0.6 is 0 Å². The van der Waals surface area contributed by atoms with Crippen LogP contribution in [0.3, 0.4) is 0 Å². The summed E-state index contributed by atoms with van der Waals surface area (Å²) in [6.45, 7) is 2.05. The fourth-order valence-corrected chi connectivity index (χ4v) is 0.737. The van der Waals surface area contributed by atoms with Gasteiger partial charge in [-0.2, -0.15) is 0 Å². The van der Waals surface area contributed by atoms with E-state index >= 15 is 0 Å². The van der Waals surface area contributed by atoms with Crippen molar-refractivity contribution in [2.45, 2.75) is 19.4 Å². The zero-order valence-electron chi connectivity index (χ0n) is 8.06. The lowest BCUT2D eigenvalue weighted by Crippen LogP contribution is -2.35. The first-order chi connectivity index (χ1) is 6.49. The van der Waals surface area contributed by atoms with E-state index in [9.17, 15) is 9.59 Å². The van der Waals surface area contributed by atoms with Gasteiger partial charge in [-0.3, -0.25) is 4.79 Å². The summed E-state index contributed by atoms with van der Waals surface area (Å²) in [5, 5.41) is 19.7. The predicted octanol–water partition coefficient (Wildman–Crippen LogP) is -1.47. The molecule has 0 aromatic heterocycles. The van der Waals surface area contributed by atoms with Gasteiger partial charge in [0.05, 0.1) is 0 Å². The number of carbonyl (C=O) groups is 2. The van der Waals surface area contributed by atoms with Crippen LogP contribution in [-0.2, 0) is 9.59 Å². The van der Waals surface area contributed by atoms with Crippen LogP contribution in [0.25, 0.3) is 0 Å². The van der Waals surface area contributed by atoms with Gasteiger partial charge in [0.2, 0.25) is 5.91 Å². The summed E-state index contributed by atoms with van der Waals surface area (Å²) >= 11 is 0. The van der Waals surface area contributed by atoms with Crippen LogP contribution in [0, 0.1) is 5.92 Å². The van der Waals surface area contributed by atoms with Crippen molar-refractivity contribution in [3.63, 3.8) is 0 Å². The van der Waals surface area contributed by atoms with Crippen LogP contribution in [0.5, 0.6) is 0 Å². The van der Waals surface area contributed by atoms with Crippen molar-refractivity contribution in [3.05, 3.63) is 0 Å². The Labute approximate surface area is 82.1 Å². The topological polar surface area (TPSA) is 113 Å². The Hall–Kier alpha value is -1.14. The van der Waals surface area contributed by atoms with Crippen LogP contribution in [0.2, 0.25) is 0 Å². The lowest BCUT2D eigenvalue weighted by molar-refractivity contribution is -0.147. The average Bonchev–Trinajstić information content (AvgIpc) is 2.15. The Kier molecular flexibility index (Phi) is 5.82. The number of hydrogen-bond acceptors (Lipinski definition) is 4. The molecule has 0 radical (unpaired) electrons. The molecule has 82 valence electrons. The van der Waals surface area contributed by atoms with Gasteiger partial charge in [0.1, 0.15) is 0 Å². The van der Waals surface area contributed by atoms with Crippen molar-refractivity contribution in [2.75, 3.05) is 13.1 Å². The molecule has 0 fully saturated rings. The molecule has 6 nitrogen and oxygen atoms in total. The quantitative estimate of drug-likeness (QED) is 0.422. The van der Waals surface area contributed by atoms with Gasteiger partial charge in [-0.25, -0.2) is 4.79 Å². The Balaban J connectivity index is 3.64. The summed E-state index contributed by atoms with van der Waals surface area (Å²) in [5.74, 6) is -1.81. The fraction of sp³-hybridized carbons (Fsp3) is 0.750. The molecule has 2 unspecified atom stereocenters. The standard InChI is InChI=1S/C8H16N2O4/c1-5(4-9)7(12)10-3-2-6(11)8(13)14/h5-6,11H,2-4,9H2,1H3,(H,10,12)(H,13,14). The molecule has 6 heteroatoms. The second-order valence-electron chi connectivity index (χ2n) is 3.07. The van der Waals surface area contributed by atoms with E-state index in [1.807, 2.05) is 0 Å². The highest BCUT2D eigenvalue weighted by Gasteiger charge is 2.14. The molecule has 0 saturated heterocycles. The molecular weight excluding hydrogens is 188 g/mol. The summed E-state index contributed by atoms with van der Waals surface area (Å²) < 4.78 is 0. The van der Waals surface area contributed by atoms with Gasteiger partial charge in [0.25, 0.3) is 0 Å². The highest BCUT2D eigenvalue weighted by molar-refractivity contribution is 5.78. The van der Waals surface area contributed by atoms with E-state index in [2.05, 4.69) is 5.32 Å². The molecule has 0 aliphatic rings. The van der Waals surface area contributed by atoms with E-state index in [0.29, 0.717) is 0 Å². The third-order valence-corrected chi connectivity index (χ3v) is 1.80. The van der Waals surface area contributed by atoms with Crippen LogP contribution in [0.4, 0.5) is 0 Å². The number of aliphatic hydroxyl groups excluding tert-OH is 1. The highest BCUT2D eigenvalue weighted by atomic mass is 16.4. The lowest BCUT2D eigenvalue weighted by Gasteiger charge is -2.10. The largest absolute Gasteiger partial charge is 0.479 e. The minimum Gasteiger partial charge on any atom is -0.479 e. The molecular formula is C8H16N2O4. The Morgan fingerprint density at radius 2 is 2.07 bits per heavy atom. The van der Waals surface area contributed by atoms with Gasteiger partial charge < -0.3 is 21.3 Å². The molecule has 0 aromatic carbocycles. The molecule has 0 bridgehead atoms. The van der Waals surface area contributed by atoms with Gasteiger partial charge in [-0.15, -0.1) is 0 Å². The van der Waals surface area contributed by atoms with E-state index in [4.69, 9.17) is 15.9 Å². The molecule has 5 N–H and O–H groups in total. The summed E-state index contributed by atoms with van der Waals surface area (Å²) in [7, 11) is 0. The molecule has 0 aromatic rings. The van der Waals surface area contributed by atoms with E-state index in [0.717, 1.165) is 0 Å². The van der Waals surface area contributed by atoms with Crippen molar-refractivity contribution in [2.24, 2.45) is 11.7 Å². The fourth-order valence-electron chi connectivity index (χ4n) is 0.737. The summed E-state index contributed by atoms with van der Waals surface area (Å²) in [4.78, 5) is 21.3. The summed E-state index contributed by atoms with van der Waals surface area (Å²) in [6, 6.07) is 0. The van der Waals surface area contributed by atoms with Gasteiger partial charge in [-0.05, 0) is 0 Å². The molecule has 0 rings (SSSR count). The second-order valence-corrected chi connectivity index (χ2v) is 3.07. The number of carboxylic acids is 1. The molecule has 0 heterocycles. The monoisotopic (exact) mass is 204 g/mol. The number of nitrogens with one attached hydrogen (secondary N) is 1. The first-order valence-corrected chi connectivity index (χ1v) is 4.37. The average molecular weight is 204 g/mol. The van der Waals surface area contributed by atoms with Gasteiger partial charge in [0, 0.05) is 25.4 Å². The SMILES string of the molecule is CC(CN)C(=O)NCCC(O)C(=O)O. The number of aliphatic hydroxyl groups is 1. The minimum absolute atomic E-state index is 0.00162. The molecule has 0 aliphatic carbocycles. The number of nitrogens with two attached hydrogens (primary N) is 1. The van der Waals surface area contributed by atoms with Gasteiger partial charge >= 0.3 is 5.97 Å². The maximum atomic E-state index is 11.1. The molecule has 1 amide bonds. The number of carbonyl (C=O) groups excluding carboxylic acids is 1. The third kappa shape index (κ3) is 4.78. The van der Waals surface area contributed by atoms with Gasteiger partial charge in [0.15, 0.2) is 6.10 Å².